The molecule has 1 aliphatic heterocycles. The monoisotopic (exact) mass is 443 g/mol. The first-order chi connectivity index (χ1) is 16.1. The Bertz CT molecular complexity index is 1170. The maximum Gasteiger partial charge on any atom is 0.274 e. The Balaban J connectivity index is 1.84. The lowest BCUT2D eigenvalue weighted by atomic mass is 10.0. The highest BCUT2D eigenvalue weighted by Gasteiger charge is 2.22. The van der Waals surface area contributed by atoms with Gasteiger partial charge in [-0.15, -0.1) is 16.7 Å². The van der Waals surface area contributed by atoms with Crippen LogP contribution in [-0.4, -0.2) is 42.3 Å². The van der Waals surface area contributed by atoms with Crippen LogP contribution in [0, 0.1) is 17.8 Å². The van der Waals surface area contributed by atoms with Crippen LogP contribution in [-0.2, 0) is 0 Å². The predicted octanol–water partition coefficient (Wildman–Crippen LogP) is 4.97. The van der Waals surface area contributed by atoms with Gasteiger partial charge in [-0.2, -0.15) is 5.10 Å². The van der Waals surface area contributed by atoms with Crippen molar-refractivity contribution in [3.05, 3.63) is 59.3 Å². The Labute approximate surface area is 193 Å². The van der Waals surface area contributed by atoms with Gasteiger partial charge in [0.1, 0.15) is 0 Å². The van der Waals surface area contributed by atoms with E-state index in [-0.39, 0.29) is 11.6 Å². The van der Waals surface area contributed by atoms with E-state index in [1.54, 1.807) is 24.3 Å². The molecule has 0 saturated heterocycles. The Morgan fingerprint density at radius 1 is 1.18 bits per heavy atom. The van der Waals surface area contributed by atoms with Crippen molar-refractivity contribution < 1.29 is 14.3 Å². The molecule has 0 saturated carbocycles. The summed E-state index contributed by atoms with van der Waals surface area (Å²) in [7, 11) is 0. The molecule has 2 aromatic rings. The number of azo groups is 1. The molecular formula is C25H25N5O3. The maximum atomic E-state index is 13.1. The van der Waals surface area contributed by atoms with Crippen LogP contribution in [0.4, 0.5) is 5.69 Å². The van der Waals surface area contributed by atoms with Gasteiger partial charge in [-0.05, 0) is 69.0 Å². The third kappa shape index (κ3) is 5.94. The molecule has 1 aliphatic rings. The van der Waals surface area contributed by atoms with Crippen molar-refractivity contribution >= 4 is 23.2 Å². The summed E-state index contributed by atoms with van der Waals surface area (Å²) in [6.07, 6.45) is 6.76. The minimum atomic E-state index is -0.236. The standard InChI is InChI=1S/C25H25N5O3/c1-4-20(17-26)27-28-21-10-7-9-19(15-21)25(31)30-14-8-11-22(29-30)18-12-13-23(32-5-2)24(16-18)33-6-3/h1,7,9-10,12-13,15-16,26H,5-6,8,11,14H2,2-3H3. The Morgan fingerprint density at radius 2 is 1.97 bits per heavy atom. The largest absolute Gasteiger partial charge is 0.490 e. The van der Waals surface area contributed by atoms with Gasteiger partial charge in [-0.1, -0.05) is 6.07 Å². The summed E-state index contributed by atoms with van der Waals surface area (Å²) in [4.78, 5) is 13.1. The molecule has 0 bridgehead atoms. The number of amides is 1. The van der Waals surface area contributed by atoms with Crippen LogP contribution in [0.25, 0.3) is 0 Å². The molecule has 0 aliphatic carbocycles. The molecule has 0 aromatic heterocycles. The van der Waals surface area contributed by atoms with E-state index in [0.717, 1.165) is 24.1 Å². The molecule has 0 spiro atoms. The number of benzene rings is 2. The highest BCUT2D eigenvalue weighted by atomic mass is 16.5. The zero-order valence-electron chi connectivity index (χ0n) is 18.7. The lowest BCUT2D eigenvalue weighted by Gasteiger charge is -2.24. The third-order valence-electron chi connectivity index (χ3n) is 4.75. The molecule has 8 heteroatoms. The van der Waals surface area contributed by atoms with Crippen LogP contribution in [0.2, 0.25) is 0 Å². The Kier molecular flexibility index (Phi) is 8.12. The second-order valence-corrected chi connectivity index (χ2v) is 6.97. The molecule has 33 heavy (non-hydrogen) atoms. The number of allylic oxidation sites excluding steroid dienone is 1. The molecule has 0 atom stereocenters. The normalized spacial score (nSPS) is 13.1. The number of hydrogen-bond donors (Lipinski definition) is 1. The fraction of sp³-hybridized carbons (Fsp3) is 0.280. The lowest BCUT2D eigenvalue weighted by Crippen LogP contribution is -2.32. The van der Waals surface area contributed by atoms with E-state index in [4.69, 9.17) is 21.3 Å². The molecule has 168 valence electrons. The number of carbonyl (C=O) groups is 1. The van der Waals surface area contributed by atoms with Gasteiger partial charge in [0, 0.05) is 23.5 Å². The van der Waals surface area contributed by atoms with Crippen LogP contribution in [0.3, 0.4) is 0 Å². The summed E-state index contributed by atoms with van der Waals surface area (Å²) in [6.45, 7) is 5.42. The molecule has 3 rings (SSSR count). The van der Waals surface area contributed by atoms with E-state index < -0.39 is 0 Å². The van der Waals surface area contributed by atoms with Crippen LogP contribution in [0.15, 0.2) is 63.5 Å². The number of nitrogens with zero attached hydrogens (tertiary/aromatic N) is 4. The van der Waals surface area contributed by atoms with E-state index in [2.05, 4.69) is 21.3 Å². The first kappa shape index (κ1) is 23.5. The van der Waals surface area contributed by atoms with Crippen molar-refractivity contribution in [1.82, 2.24) is 5.01 Å². The van der Waals surface area contributed by atoms with Crippen LogP contribution >= 0.6 is 0 Å². The highest BCUT2D eigenvalue weighted by Crippen LogP contribution is 2.30. The second kappa shape index (κ2) is 11.4. The number of nitrogens with one attached hydrogen (secondary N) is 1. The summed E-state index contributed by atoms with van der Waals surface area (Å²) >= 11 is 0. The fourth-order valence-corrected chi connectivity index (χ4v) is 3.27. The molecule has 2 aromatic carbocycles. The summed E-state index contributed by atoms with van der Waals surface area (Å²) in [5.41, 5.74) is 2.54. The lowest BCUT2D eigenvalue weighted by molar-refractivity contribution is 0.0751. The van der Waals surface area contributed by atoms with Crippen molar-refractivity contribution in [2.45, 2.75) is 26.7 Å². The van der Waals surface area contributed by atoms with Crippen LogP contribution in [0.1, 0.15) is 42.6 Å². The van der Waals surface area contributed by atoms with E-state index >= 15 is 0 Å². The van der Waals surface area contributed by atoms with Crippen molar-refractivity contribution in [2.24, 2.45) is 15.3 Å². The van der Waals surface area contributed by atoms with Crippen LogP contribution in [0.5, 0.6) is 11.5 Å². The van der Waals surface area contributed by atoms with E-state index in [9.17, 15) is 4.79 Å². The number of carbonyl (C=O) groups excluding carboxylic acids is 1. The van der Waals surface area contributed by atoms with E-state index in [0.29, 0.717) is 42.5 Å². The predicted molar refractivity (Wildman–Crippen MR) is 127 cm³/mol. The topological polar surface area (TPSA) is 99.7 Å². The van der Waals surface area contributed by atoms with Gasteiger partial charge in [0.15, 0.2) is 17.2 Å². The number of ether oxygens (including phenoxy) is 2. The number of hydrogen-bond acceptors (Lipinski definition) is 7. The minimum absolute atomic E-state index is 0.0289. The molecule has 0 fully saturated rings. The van der Waals surface area contributed by atoms with Gasteiger partial charge < -0.3 is 9.47 Å². The second-order valence-electron chi connectivity index (χ2n) is 6.97. The van der Waals surface area contributed by atoms with Crippen molar-refractivity contribution in [2.75, 3.05) is 19.8 Å². The molecule has 1 N–H and O–H groups in total. The quantitative estimate of drug-likeness (QED) is 0.354. The van der Waals surface area contributed by atoms with Crippen molar-refractivity contribution in [1.29, 1.82) is 5.41 Å². The highest BCUT2D eigenvalue weighted by molar-refractivity contribution is 6.03. The number of rotatable bonds is 8. The summed E-state index contributed by atoms with van der Waals surface area (Å²) in [5, 5.41) is 20.9. The molecule has 0 unspecified atom stereocenters. The van der Waals surface area contributed by atoms with Crippen LogP contribution < -0.4 is 9.47 Å². The van der Waals surface area contributed by atoms with E-state index in [1.165, 1.54) is 5.01 Å². The zero-order chi connectivity index (χ0) is 23.6. The Hall–Kier alpha value is -4.21. The van der Waals surface area contributed by atoms with Gasteiger partial charge in [0.05, 0.1) is 24.6 Å². The minimum Gasteiger partial charge on any atom is -0.490 e. The number of terminal acetylenes is 1. The van der Waals surface area contributed by atoms with Gasteiger partial charge in [-0.3, -0.25) is 10.2 Å². The summed E-state index contributed by atoms with van der Waals surface area (Å²) in [6, 6.07) is 12.4. The summed E-state index contributed by atoms with van der Waals surface area (Å²) < 4.78 is 11.4. The average molecular weight is 444 g/mol. The zero-order valence-corrected chi connectivity index (χ0v) is 18.7. The molecule has 1 heterocycles. The first-order valence-electron chi connectivity index (χ1n) is 10.7. The third-order valence-corrected chi connectivity index (χ3v) is 4.75. The van der Waals surface area contributed by atoms with Crippen molar-refractivity contribution in [3.8, 4) is 23.8 Å². The van der Waals surface area contributed by atoms with Gasteiger partial charge in [0.2, 0.25) is 0 Å². The van der Waals surface area contributed by atoms with Gasteiger partial charge in [-0.25, -0.2) is 5.01 Å². The molecule has 1 amide bonds. The first-order valence-corrected chi connectivity index (χ1v) is 10.7. The Morgan fingerprint density at radius 3 is 2.70 bits per heavy atom. The molecule has 0 radical (unpaired) electrons. The SMILES string of the molecule is C#CC(=C=N)N=Nc1cccc(C(=O)N2CCCC(c3ccc(OCC)c(OCC)c3)=N2)c1. The van der Waals surface area contributed by atoms with Gasteiger partial charge in [0.25, 0.3) is 5.91 Å². The fourth-order valence-electron chi connectivity index (χ4n) is 3.27. The number of hydrazone groups is 1. The maximum absolute atomic E-state index is 13.1. The molecular weight excluding hydrogens is 418 g/mol. The summed E-state index contributed by atoms with van der Waals surface area (Å²) in [5.74, 6) is 5.32. The average Bonchev–Trinajstić information content (AvgIpc) is 2.86. The molecule has 8 nitrogen and oxygen atoms in total. The van der Waals surface area contributed by atoms with Gasteiger partial charge >= 0.3 is 0 Å². The smallest absolute Gasteiger partial charge is 0.274 e. The van der Waals surface area contributed by atoms with Crippen molar-refractivity contribution in [3.63, 3.8) is 0 Å². The van der Waals surface area contributed by atoms with E-state index in [1.807, 2.05) is 37.9 Å².